The molecule has 2 unspecified atom stereocenters. The van der Waals surface area contributed by atoms with Gasteiger partial charge in [0.05, 0.1) is 0 Å². The fraction of sp³-hybridized carbons (Fsp3) is 0.500. The molecule has 4 heteroatoms. The highest BCUT2D eigenvalue weighted by atomic mass is 15.1. The summed E-state index contributed by atoms with van der Waals surface area (Å²) in [4.78, 5) is 9.12. The number of nitrogens with one attached hydrogen (secondary N) is 1. The maximum atomic E-state index is 4.35. The van der Waals surface area contributed by atoms with Crippen molar-refractivity contribution in [2.24, 2.45) is 0 Å². The van der Waals surface area contributed by atoms with Gasteiger partial charge in [0, 0.05) is 43.3 Å². The molecule has 2 aromatic rings. The van der Waals surface area contributed by atoms with E-state index in [0.717, 1.165) is 26.1 Å². The molecule has 3 rings (SSSR count). The van der Waals surface area contributed by atoms with Gasteiger partial charge in [-0.3, -0.25) is 4.98 Å². The second kappa shape index (κ2) is 9.15. The molecule has 1 aromatic heterocycles. The number of para-hydroxylation sites is 1. The van der Waals surface area contributed by atoms with Crippen LogP contribution in [-0.4, -0.2) is 43.6 Å². The van der Waals surface area contributed by atoms with E-state index in [1.54, 1.807) is 0 Å². The Morgan fingerprint density at radius 2 is 2.08 bits per heavy atom. The van der Waals surface area contributed by atoms with E-state index in [9.17, 15) is 0 Å². The molecule has 4 nitrogen and oxygen atoms in total. The zero-order chi connectivity index (χ0) is 18.4. The van der Waals surface area contributed by atoms with Crippen molar-refractivity contribution in [1.82, 2.24) is 15.2 Å². The summed E-state index contributed by atoms with van der Waals surface area (Å²) in [6.07, 6.45) is 7.33. The van der Waals surface area contributed by atoms with E-state index >= 15 is 0 Å². The number of pyridine rings is 1. The first-order valence-electron chi connectivity index (χ1n) is 9.83. The fourth-order valence-electron chi connectivity index (χ4n) is 3.89. The number of hydrogen-bond donors (Lipinski definition) is 1. The topological polar surface area (TPSA) is 31.4 Å². The Morgan fingerprint density at radius 1 is 1.23 bits per heavy atom. The lowest BCUT2D eigenvalue weighted by Gasteiger charge is -2.28. The van der Waals surface area contributed by atoms with Crippen molar-refractivity contribution >= 4 is 5.69 Å². The summed E-state index contributed by atoms with van der Waals surface area (Å²) in [5.74, 6) is 0. The molecule has 1 N–H and O–H groups in total. The first kappa shape index (κ1) is 18.9. The maximum absolute atomic E-state index is 4.35. The zero-order valence-electron chi connectivity index (χ0n) is 16.4. The number of hydrogen-bond acceptors (Lipinski definition) is 4. The lowest BCUT2D eigenvalue weighted by Crippen LogP contribution is -2.29. The summed E-state index contributed by atoms with van der Waals surface area (Å²) in [7, 11) is 4.28. The SMILES string of the molecule is CCN1CCCC(NC(CCN(C)C)c2cccnc2)c2ccccc21. The van der Waals surface area contributed by atoms with Crippen molar-refractivity contribution in [3.8, 4) is 0 Å². The molecule has 0 radical (unpaired) electrons. The third-order valence-electron chi connectivity index (χ3n) is 5.31. The van der Waals surface area contributed by atoms with Gasteiger partial charge in [0.1, 0.15) is 0 Å². The maximum Gasteiger partial charge on any atom is 0.0414 e. The van der Waals surface area contributed by atoms with Crippen molar-refractivity contribution in [1.29, 1.82) is 0 Å². The number of aromatic nitrogens is 1. The Morgan fingerprint density at radius 3 is 2.81 bits per heavy atom. The molecule has 0 bridgehead atoms. The Balaban J connectivity index is 1.85. The monoisotopic (exact) mass is 352 g/mol. The predicted molar refractivity (Wildman–Crippen MR) is 110 cm³/mol. The highest BCUT2D eigenvalue weighted by molar-refractivity contribution is 5.55. The normalized spacial score (nSPS) is 18.5. The Bertz CT molecular complexity index is 671. The summed E-state index contributed by atoms with van der Waals surface area (Å²) >= 11 is 0. The van der Waals surface area contributed by atoms with E-state index in [0.29, 0.717) is 12.1 Å². The largest absolute Gasteiger partial charge is 0.372 e. The highest BCUT2D eigenvalue weighted by Gasteiger charge is 2.24. The lowest BCUT2D eigenvalue weighted by molar-refractivity contribution is 0.337. The standard InChI is InChI=1S/C22H32N4/c1-4-26-15-8-11-21(19-10-5-6-12-22(19)26)24-20(13-16-25(2)3)18-9-7-14-23-17-18/h5-7,9-10,12,14,17,20-21,24H,4,8,11,13,15-16H2,1-3H3. The number of anilines is 1. The van der Waals surface area contributed by atoms with Crippen LogP contribution in [0.5, 0.6) is 0 Å². The number of fused-ring (bicyclic) bond motifs is 1. The molecule has 0 aliphatic carbocycles. The Hall–Kier alpha value is -1.91. The van der Waals surface area contributed by atoms with Crippen molar-refractivity contribution in [3.63, 3.8) is 0 Å². The van der Waals surface area contributed by atoms with Gasteiger partial charge in [-0.2, -0.15) is 0 Å². The average Bonchev–Trinajstić information content (AvgIpc) is 2.85. The minimum absolute atomic E-state index is 0.317. The molecule has 1 aromatic carbocycles. The molecule has 26 heavy (non-hydrogen) atoms. The molecule has 0 amide bonds. The first-order valence-corrected chi connectivity index (χ1v) is 9.83. The van der Waals surface area contributed by atoms with Crippen LogP contribution in [0, 0.1) is 0 Å². The summed E-state index contributed by atoms with van der Waals surface area (Å²) < 4.78 is 0. The number of nitrogens with zero attached hydrogens (tertiary/aromatic N) is 3. The van der Waals surface area contributed by atoms with Gasteiger partial charge in [-0.25, -0.2) is 0 Å². The molecule has 0 spiro atoms. The molecule has 0 saturated carbocycles. The van der Waals surface area contributed by atoms with Gasteiger partial charge in [0.25, 0.3) is 0 Å². The van der Waals surface area contributed by atoms with Gasteiger partial charge in [0.2, 0.25) is 0 Å². The molecular weight excluding hydrogens is 320 g/mol. The quantitative estimate of drug-likeness (QED) is 0.815. The van der Waals surface area contributed by atoms with Crippen molar-refractivity contribution in [3.05, 3.63) is 59.9 Å². The second-order valence-electron chi connectivity index (χ2n) is 7.43. The van der Waals surface area contributed by atoms with Gasteiger partial charge in [-0.15, -0.1) is 0 Å². The van der Waals surface area contributed by atoms with Crippen LogP contribution in [0.1, 0.15) is 49.4 Å². The Kier molecular flexibility index (Phi) is 6.64. The number of benzene rings is 1. The van der Waals surface area contributed by atoms with E-state index in [2.05, 4.69) is 71.5 Å². The van der Waals surface area contributed by atoms with Crippen molar-refractivity contribution in [2.75, 3.05) is 38.6 Å². The third kappa shape index (κ3) is 4.63. The van der Waals surface area contributed by atoms with E-state index < -0.39 is 0 Å². The minimum atomic E-state index is 0.317. The smallest absolute Gasteiger partial charge is 0.0414 e. The van der Waals surface area contributed by atoms with Crippen LogP contribution in [0.4, 0.5) is 5.69 Å². The van der Waals surface area contributed by atoms with Gasteiger partial charge in [-0.05, 0) is 70.1 Å². The van der Waals surface area contributed by atoms with E-state index in [4.69, 9.17) is 0 Å². The van der Waals surface area contributed by atoms with Crippen LogP contribution in [0.3, 0.4) is 0 Å². The molecule has 2 heterocycles. The number of rotatable bonds is 7. The molecular formula is C22H32N4. The van der Waals surface area contributed by atoms with Gasteiger partial charge >= 0.3 is 0 Å². The fourth-order valence-corrected chi connectivity index (χ4v) is 3.89. The van der Waals surface area contributed by atoms with Gasteiger partial charge in [-0.1, -0.05) is 24.3 Å². The molecule has 0 fully saturated rings. The zero-order valence-corrected chi connectivity index (χ0v) is 16.4. The van der Waals surface area contributed by atoms with Crippen LogP contribution < -0.4 is 10.2 Å². The molecule has 1 aliphatic rings. The summed E-state index contributed by atoms with van der Waals surface area (Å²) in [5.41, 5.74) is 4.11. The van der Waals surface area contributed by atoms with Crippen LogP contribution >= 0.6 is 0 Å². The van der Waals surface area contributed by atoms with E-state index in [1.807, 2.05) is 18.5 Å². The van der Waals surface area contributed by atoms with Crippen LogP contribution in [0.15, 0.2) is 48.8 Å². The third-order valence-corrected chi connectivity index (χ3v) is 5.31. The summed E-state index contributed by atoms with van der Waals surface area (Å²) in [6.45, 7) is 5.51. The predicted octanol–water partition coefficient (Wildman–Crippen LogP) is 4.03. The minimum Gasteiger partial charge on any atom is -0.372 e. The van der Waals surface area contributed by atoms with E-state index in [-0.39, 0.29) is 0 Å². The summed E-state index contributed by atoms with van der Waals surface area (Å²) in [6, 6.07) is 13.8. The average molecular weight is 353 g/mol. The molecule has 0 saturated heterocycles. The second-order valence-corrected chi connectivity index (χ2v) is 7.43. The highest BCUT2D eigenvalue weighted by Crippen LogP contribution is 2.34. The van der Waals surface area contributed by atoms with Gasteiger partial charge < -0.3 is 15.1 Å². The molecule has 140 valence electrons. The van der Waals surface area contributed by atoms with Crippen LogP contribution in [0.2, 0.25) is 0 Å². The Labute approximate surface area is 158 Å². The van der Waals surface area contributed by atoms with Crippen LogP contribution in [0.25, 0.3) is 0 Å². The van der Waals surface area contributed by atoms with Crippen molar-refractivity contribution in [2.45, 2.75) is 38.3 Å². The van der Waals surface area contributed by atoms with Crippen molar-refractivity contribution < 1.29 is 0 Å². The molecule has 2 atom stereocenters. The molecule has 1 aliphatic heterocycles. The first-order chi connectivity index (χ1) is 12.7. The van der Waals surface area contributed by atoms with Gasteiger partial charge in [0.15, 0.2) is 0 Å². The lowest BCUT2D eigenvalue weighted by atomic mass is 9.97. The van der Waals surface area contributed by atoms with Crippen LogP contribution in [-0.2, 0) is 0 Å². The van der Waals surface area contributed by atoms with E-state index in [1.165, 1.54) is 29.7 Å². The summed E-state index contributed by atoms with van der Waals surface area (Å²) in [5, 5.41) is 3.98.